The lowest BCUT2D eigenvalue weighted by molar-refractivity contribution is 0.324. The van der Waals surface area contributed by atoms with E-state index in [1.54, 1.807) is 18.2 Å². The molecular formula is C20H16O5S. The lowest BCUT2D eigenvalue weighted by Crippen LogP contribution is -2.06. The maximum Gasteiger partial charge on any atom is 0.344 e. The highest BCUT2D eigenvalue weighted by molar-refractivity contribution is 7.10. The maximum absolute atomic E-state index is 12.4. The summed E-state index contributed by atoms with van der Waals surface area (Å²) >= 11 is 1.53. The first-order chi connectivity index (χ1) is 12.7. The second-order valence-electron chi connectivity index (χ2n) is 5.14. The fourth-order valence-electron chi connectivity index (χ4n) is 2.50. The van der Waals surface area contributed by atoms with Crippen molar-refractivity contribution in [2.45, 2.75) is 0 Å². The van der Waals surface area contributed by atoms with Crippen LogP contribution in [0.15, 0.2) is 51.2 Å². The van der Waals surface area contributed by atoms with Crippen LogP contribution in [0, 0.1) is 11.8 Å². The van der Waals surface area contributed by atoms with E-state index >= 15 is 0 Å². The summed E-state index contributed by atoms with van der Waals surface area (Å²) in [7, 11) is 4.56. The Morgan fingerprint density at radius 1 is 1.00 bits per heavy atom. The molecule has 1 aromatic carbocycles. The molecule has 0 amide bonds. The highest BCUT2D eigenvalue weighted by Crippen LogP contribution is 2.41. The van der Waals surface area contributed by atoms with E-state index in [1.807, 2.05) is 17.5 Å². The number of benzene rings is 1. The summed E-state index contributed by atoms with van der Waals surface area (Å²) < 4.78 is 21.1. The molecule has 5 nitrogen and oxygen atoms in total. The van der Waals surface area contributed by atoms with Crippen LogP contribution >= 0.6 is 11.3 Å². The third-order valence-electron chi connectivity index (χ3n) is 3.68. The normalized spacial score (nSPS) is 9.96. The average molecular weight is 368 g/mol. The summed E-state index contributed by atoms with van der Waals surface area (Å²) in [6, 6.07) is 8.91. The predicted octanol–water partition coefficient (Wildman–Crippen LogP) is 3.79. The van der Waals surface area contributed by atoms with Gasteiger partial charge in [-0.15, -0.1) is 11.3 Å². The molecule has 2 heterocycles. The van der Waals surface area contributed by atoms with Gasteiger partial charge in [0.1, 0.15) is 0 Å². The van der Waals surface area contributed by atoms with Crippen LogP contribution in [0.3, 0.4) is 0 Å². The molecule has 0 atom stereocenters. The number of hydrogen-bond acceptors (Lipinski definition) is 6. The minimum absolute atomic E-state index is 0.343. The molecule has 26 heavy (non-hydrogen) atoms. The van der Waals surface area contributed by atoms with Crippen molar-refractivity contribution in [3.8, 4) is 40.2 Å². The fourth-order valence-corrected chi connectivity index (χ4v) is 3.07. The van der Waals surface area contributed by atoms with Crippen LogP contribution in [-0.2, 0) is 0 Å². The van der Waals surface area contributed by atoms with Gasteiger partial charge in [-0.05, 0) is 35.2 Å². The molecule has 0 N–H and O–H groups in total. The minimum atomic E-state index is -0.489. The van der Waals surface area contributed by atoms with Crippen LogP contribution in [-0.4, -0.2) is 21.3 Å². The average Bonchev–Trinajstić information content (AvgIpc) is 3.18. The van der Waals surface area contributed by atoms with Gasteiger partial charge in [0, 0.05) is 5.56 Å². The van der Waals surface area contributed by atoms with Gasteiger partial charge < -0.3 is 18.6 Å². The molecule has 0 fully saturated rings. The Labute approximate surface area is 154 Å². The zero-order valence-corrected chi connectivity index (χ0v) is 15.3. The molecule has 0 saturated carbocycles. The molecule has 0 aliphatic heterocycles. The third kappa shape index (κ3) is 3.44. The van der Waals surface area contributed by atoms with Crippen LogP contribution in [0.5, 0.6) is 17.2 Å². The van der Waals surface area contributed by atoms with E-state index in [9.17, 15) is 4.79 Å². The van der Waals surface area contributed by atoms with Crippen molar-refractivity contribution in [1.29, 1.82) is 0 Å². The van der Waals surface area contributed by atoms with E-state index in [0.717, 1.165) is 4.88 Å². The molecule has 3 aromatic rings. The highest BCUT2D eigenvalue weighted by atomic mass is 32.1. The van der Waals surface area contributed by atoms with Gasteiger partial charge >= 0.3 is 5.63 Å². The van der Waals surface area contributed by atoms with Crippen molar-refractivity contribution in [3.63, 3.8) is 0 Å². The van der Waals surface area contributed by atoms with E-state index < -0.39 is 5.63 Å². The van der Waals surface area contributed by atoms with Gasteiger partial charge in [0.25, 0.3) is 0 Å². The first kappa shape index (κ1) is 17.6. The SMILES string of the molecule is COc1cc(-c2c(C#Cc3cccs3)ccoc2=O)cc(OC)c1OC. The third-order valence-corrected chi connectivity index (χ3v) is 4.46. The molecular weight excluding hydrogens is 352 g/mol. The van der Waals surface area contributed by atoms with Gasteiger partial charge in [0.2, 0.25) is 5.75 Å². The van der Waals surface area contributed by atoms with E-state index in [2.05, 4.69) is 11.8 Å². The number of ether oxygens (including phenoxy) is 3. The van der Waals surface area contributed by atoms with Gasteiger partial charge in [-0.1, -0.05) is 17.9 Å². The molecule has 3 rings (SSSR count). The van der Waals surface area contributed by atoms with Gasteiger partial charge in [-0.3, -0.25) is 0 Å². The van der Waals surface area contributed by atoms with Crippen molar-refractivity contribution in [3.05, 3.63) is 62.8 Å². The number of methoxy groups -OCH3 is 3. The quantitative estimate of drug-likeness (QED) is 0.656. The zero-order valence-electron chi connectivity index (χ0n) is 14.5. The molecule has 0 bridgehead atoms. The summed E-state index contributed by atoms with van der Waals surface area (Å²) in [6.07, 6.45) is 1.34. The standard InChI is InChI=1S/C20H16O5S/c1-22-16-11-14(12-17(23-2)19(16)24-3)18-13(8-9-25-20(18)21)6-7-15-5-4-10-26-15/h4-5,8-12H,1-3H3. The highest BCUT2D eigenvalue weighted by Gasteiger charge is 2.18. The Kier molecular flexibility index (Phi) is 5.30. The molecule has 132 valence electrons. The maximum atomic E-state index is 12.4. The van der Waals surface area contributed by atoms with Crippen molar-refractivity contribution < 1.29 is 18.6 Å². The fraction of sp³-hybridized carbons (Fsp3) is 0.150. The topological polar surface area (TPSA) is 57.9 Å². The van der Waals surface area contributed by atoms with Gasteiger partial charge in [0.15, 0.2) is 11.5 Å². The lowest BCUT2D eigenvalue weighted by Gasteiger charge is -2.14. The molecule has 0 saturated heterocycles. The first-order valence-electron chi connectivity index (χ1n) is 7.65. The van der Waals surface area contributed by atoms with E-state index in [-0.39, 0.29) is 0 Å². The van der Waals surface area contributed by atoms with Gasteiger partial charge in [0.05, 0.1) is 38.0 Å². The predicted molar refractivity (Wildman–Crippen MR) is 100 cm³/mol. The van der Waals surface area contributed by atoms with E-state index in [1.165, 1.54) is 38.9 Å². The lowest BCUT2D eigenvalue weighted by atomic mass is 10.0. The Bertz CT molecular complexity index is 997. The van der Waals surface area contributed by atoms with Crippen LogP contribution < -0.4 is 19.8 Å². The Morgan fingerprint density at radius 3 is 2.31 bits per heavy atom. The van der Waals surface area contributed by atoms with Crippen molar-refractivity contribution in [1.82, 2.24) is 0 Å². The van der Waals surface area contributed by atoms with Crippen molar-refractivity contribution in [2.75, 3.05) is 21.3 Å². The number of thiophene rings is 1. The zero-order chi connectivity index (χ0) is 18.5. The smallest absolute Gasteiger partial charge is 0.344 e. The molecule has 0 aliphatic rings. The minimum Gasteiger partial charge on any atom is -0.493 e. The van der Waals surface area contributed by atoms with Crippen LogP contribution in [0.1, 0.15) is 10.4 Å². The van der Waals surface area contributed by atoms with E-state index in [0.29, 0.717) is 33.9 Å². The molecule has 6 heteroatoms. The first-order valence-corrected chi connectivity index (χ1v) is 8.53. The summed E-state index contributed by atoms with van der Waals surface area (Å²) in [5, 5.41) is 1.95. The molecule has 0 radical (unpaired) electrons. The van der Waals surface area contributed by atoms with Crippen LogP contribution in [0.2, 0.25) is 0 Å². The summed E-state index contributed by atoms with van der Waals surface area (Å²) in [5.41, 5.74) is 0.987. The second kappa shape index (κ2) is 7.81. The van der Waals surface area contributed by atoms with Crippen LogP contribution in [0.25, 0.3) is 11.1 Å². The molecule has 2 aromatic heterocycles. The van der Waals surface area contributed by atoms with Crippen molar-refractivity contribution in [2.24, 2.45) is 0 Å². The number of rotatable bonds is 4. The number of hydrogen-bond donors (Lipinski definition) is 0. The van der Waals surface area contributed by atoms with Gasteiger partial charge in [-0.2, -0.15) is 0 Å². The van der Waals surface area contributed by atoms with E-state index in [4.69, 9.17) is 18.6 Å². The summed E-state index contributed by atoms with van der Waals surface area (Å²) in [6.45, 7) is 0. The Balaban J connectivity index is 2.20. The molecule has 0 unspecified atom stereocenters. The monoisotopic (exact) mass is 368 g/mol. The molecule has 0 aliphatic carbocycles. The largest absolute Gasteiger partial charge is 0.493 e. The van der Waals surface area contributed by atoms with Crippen LogP contribution in [0.4, 0.5) is 0 Å². The van der Waals surface area contributed by atoms with Gasteiger partial charge in [-0.25, -0.2) is 4.79 Å². The summed E-state index contributed by atoms with van der Waals surface area (Å²) in [5.74, 6) is 7.45. The summed E-state index contributed by atoms with van der Waals surface area (Å²) in [4.78, 5) is 13.3. The Morgan fingerprint density at radius 2 is 1.73 bits per heavy atom. The van der Waals surface area contributed by atoms with Crippen molar-refractivity contribution >= 4 is 11.3 Å². The second-order valence-corrected chi connectivity index (χ2v) is 6.09. The molecule has 0 spiro atoms. The Hall–Kier alpha value is -3.17.